The quantitative estimate of drug-likeness (QED) is 0.446. The Morgan fingerprint density at radius 2 is 1.35 bits per heavy atom. The third-order valence-corrected chi connectivity index (χ3v) is 2.36. The number of urea groups is 1. The van der Waals surface area contributed by atoms with Gasteiger partial charge in [0.05, 0.1) is 11.6 Å². The number of benzene rings is 1. The summed E-state index contributed by atoms with van der Waals surface area (Å²) < 4.78 is 65.0. The summed E-state index contributed by atoms with van der Waals surface area (Å²) in [5.41, 5.74) is -1.04. The van der Waals surface area contributed by atoms with Crippen LogP contribution >= 0.6 is 0 Å². The van der Waals surface area contributed by atoms with Crippen LogP contribution in [0.2, 0.25) is 0 Å². The molecular formula is C9H5F5N2O. The largest absolute Gasteiger partial charge is 0.336 e. The van der Waals surface area contributed by atoms with Crippen LogP contribution in [-0.2, 0) is 0 Å². The predicted molar refractivity (Wildman–Crippen MR) is 45.5 cm³/mol. The normalized spacial score (nSPS) is 19.1. The number of hydrogen-bond acceptors (Lipinski definition) is 1. The van der Waals surface area contributed by atoms with Gasteiger partial charge in [0.2, 0.25) is 5.82 Å². The van der Waals surface area contributed by atoms with Gasteiger partial charge in [-0.25, -0.2) is 26.7 Å². The highest BCUT2D eigenvalue weighted by molar-refractivity contribution is 5.76. The fourth-order valence-electron chi connectivity index (χ4n) is 1.56. The van der Waals surface area contributed by atoms with E-state index < -0.39 is 46.7 Å². The second kappa shape index (κ2) is 3.86. The summed E-state index contributed by atoms with van der Waals surface area (Å²) in [6.07, 6.45) is 0. The second-order valence-corrected chi connectivity index (χ2v) is 3.39. The monoisotopic (exact) mass is 252 g/mol. The summed E-state index contributed by atoms with van der Waals surface area (Å²) in [5.74, 6) is -10.1. The fraction of sp³-hybridized carbons (Fsp3) is 0.222. The van der Waals surface area contributed by atoms with Gasteiger partial charge in [0.15, 0.2) is 23.3 Å². The highest BCUT2D eigenvalue weighted by Crippen LogP contribution is 2.28. The molecule has 0 saturated carbocycles. The van der Waals surface area contributed by atoms with Crippen molar-refractivity contribution >= 4 is 6.03 Å². The zero-order valence-electron chi connectivity index (χ0n) is 8.08. The van der Waals surface area contributed by atoms with Crippen molar-refractivity contribution < 1.29 is 26.7 Å². The van der Waals surface area contributed by atoms with Crippen molar-refractivity contribution in [3.63, 3.8) is 0 Å². The minimum absolute atomic E-state index is 0.253. The number of rotatable bonds is 1. The van der Waals surface area contributed by atoms with Crippen molar-refractivity contribution in [1.29, 1.82) is 0 Å². The van der Waals surface area contributed by atoms with Gasteiger partial charge in [0, 0.05) is 6.54 Å². The van der Waals surface area contributed by atoms with Crippen molar-refractivity contribution in [3.8, 4) is 0 Å². The van der Waals surface area contributed by atoms with Gasteiger partial charge >= 0.3 is 6.03 Å². The molecule has 1 fully saturated rings. The van der Waals surface area contributed by atoms with Gasteiger partial charge in [-0.1, -0.05) is 0 Å². The van der Waals surface area contributed by atoms with E-state index >= 15 is 0 Å². The average molecular weight is 252 g/mol. The van der Waals surface area contributed by atoms with Crippen LogP contribution in [0, 0.1) is 29.1 Å². The van der Waals surface area contributed by atoms with Crippen molar-refractivity contribution in [1.82, 2.24) is 10.6 Å². The average Bonchev–Trinajstić information content (AvgIpc) is 2.71. The molecule has 1 atom stereocenters. The minimum atomic E-state index is -2.22. The molecule has 0 spiro atoms. The van der Waals surface area contributed by atoms with Gasteiger partial charge in [-0.05, 0) is 0 Å². The van der Waals surface area contributed by atoms with E-state index in [1.54, 1.807) is 0 Å². The summed E-state index contributed by atoms with van der Waals surface area (Å²) >= 11 is 0. The van der Waals surface area contributed by atoms with Crippen LogP contribution < -0.4 is 10.6 Å². The van der Waals surface area contributed by atoms with Crippen LogP contribution in [0.3, 0.4) is 0 Å². The summed E-state index contributed by atoms with van der Waals surface area (Å²) in [6, 6.07) is -2.02. The van der Waals surface area contributed by atoms with Crippen molar-refractivity contribution in [2.24, 2.45) is 0 Å². The Kier molecular flexibility index (Phi) is 2.64. The molecule has 1 aromatic rings. The number of halogens is 5. The van der Waals surface area contributed by atoms with Crippen molar-refractivity contribution in [2.45, 2.75) is 6.04 Å². The first-order valence-corrected chi connectivity index (χ1v) is 4.49. The molecule has 1 aliphatic heterocycles. The van der Waals surface area contributed by atoms with E-state index in [1.165, 1.54) is 0 Å². The maximum absolute atomic E-state index is 13.3. The van der Waals surface area contributed by atoms with Crippen LogP contribution in [0.5, 0.6) is 0 Å². The van der Waals surface area contributed by atoms with Gasteiger partial charge in [-0.3, -0.25) is 0 Å². The van der Waals surface area contributed by atoms with Crippen LogP contribution in [0.25, 0.3) is 0 Å². The van der Waals surface area contributed by atoms with Crippen LogP contribution in [-0.4, -0.2) is 12.6 Å². The summed E-state index contributed by atoms with van der Waals surface area (Å²) in [7, 11) is 0. The molecule has 2 rings (SSSR count). The standard InChI is InChI=1S/C9H5F5N2O/c10-4-3(2-1-15-9(17)16-2)5(11)7(13)8(14)6(4)12/h2H,1H2,(H2,15,16,17)/t2-/m1/s1. The molecule has 17 heavy (non-hydrogen) atoms. The maximum Gasteiger partial charge on any atom is 0.315 e. The van der Waals surface area contributed by atoms with Crippen LogP contribution in [0.4, 0.5) is 26.7 Å². The number of nitrogens with one attached hydrogen (secondary N) is 2. The minimum Gasteiger partial charge on any atom is -0.336 e. The molecule has 0 radical (unpaired) electrons. The van der Waals surface area contributed by atoms with Gasteiger partial charge < -0.3 is 10.6 Å². The van der Waals surface area contributed by atoms with E-state index in [-0.39, 0.29) is 6.54 Å². The molecule has 0 aromatic heterocycles. The molecule has 2 N–H and O–H groups in total. The Morgan fingerprint density at radius 3 is 1.76 bits per heavy atom. The van der Waals surface area contributed by atoms with Gasteiger partial charge in [0.1, 0.15) is 0 Å². The number of amides is 2. The lowest BCUT2D eigenvalue weighted by molar-refractivity contribution is 0.247. The molecule has 1 heterocycles. The number of carbonyl (C=O) groups is 1. The lowest BCUT2D eigenvalue weighted by Crippen LogP contribution is -2.23. The molecule has 1 saturated heterocycles. The topological polar surface area (TPSA) is 41.1 Å². The molecular weight excluding hydrogens is 247 g/mol. The third-order valence-electron chi connectivity index (χ3n) is 2.36. The van der Waals surface area contributed by atoms with Gasteiger partial charge in [0.25, 0.3) is 0 Å². The lowest BCUT2D eigenvalue weighted by atomic mass is 10.1. The Hall–Kier alpha value is -1.86. The van der Waals surface area contributed by atoms with E-state index in [0.717, 1.165) is 0 Å². The smallest absolute Gasteiger partial charge is 0.315 e. The SMILES string of the molecule is O=C1NC[C@H](c2c(F)c(F)c(F)c(F)c2F)N1. The van der Waals surface area contributed by atoms with Crippen LogP contribution in [0.1, 0.15) is 11.6 Å². The maximum atomic E-state index is 13.3. The molecule has 92 valence electrons. The van der Waals surface area contributed by atoms with E-state index in [1.807, 2.05) is 5.32 Å². The fourth-order valence-corrected chi connectivity index (χ4v) is 1.56. The Balaban J connectivity index is 2.57. The molecule has 3 nitrogen and oxygen atoms in total. The first-order chi connectivity index (χ1) is 7.93. The molecule has 0 unspecified atom stereocenters. The zero-order valence-corrected chi connectivity index (χ0v) is 8.08. The summed E-state index contributed by atoms with van der Waals surface area (Å²) in [6.45, 7) is -0.253. The van der Waals surface area contributed by atoms with E-state index in [2.05, 4.69) is 5.32 Å². The molecule has 8 heteroatoms. The molecule has 1 aromatic carbocycles. The Morgan fingerprint density at radius 1 is 0.882 bits per heavy atom. The van der Waals surface area contributed by atoms with Crippen LogP contribution in [0.15, 0.2) is 0 Å². The molecule has 0 bridgehead atoms. The number of hydrogen-bond donors (Lipinski definition) is 2. The highest BCUT2D eigenvalue weighted by Gasteiger charge is 2.33. The first kappa shape index (κ1) is 11.6. The Labute approximate surface area is 91.6 Å². The third kappa shape index (κ3) is 1.69. The molecule has 1 aliphatic rings. The van der Waals surface area contributed by atoms with Gasteiger partial charge in [-0.15, -0.1) is 0 Å². The second-order valence-electron chi connectivity index (χ2n) is 3.39. The van der Waals surface area contributed by atoms with E-state index in [4.69, 9.17) is 0 Å². The summed E-state index contributed by atoms with van der Waals surface area (Å²) in [5, 5.41) is 4.19. The summed E-state index contributed by atoms with van der Waals surface area (Å²) in [4.78, 5) is 10.8. The van der Waals surface area contributed by atoms with E-state index in [9.17, 15) is 26.7 Å². The molecule has 2 amide bonds. The van der Waals surface area contributed by atoms with Crippen molar-refractivity contribution in [2.75, 3.05) is 6.54 Å². The zero-order chi connectivity index (χ0) is 12.7. The van der Waals surface area contributed by atoms with E-state index in [0.29, 0.717) is 0 Å². The predicted octanol–water partition coefficient (Wildman–Crippen LogP) is 1.74. The van der Waals surface area contributed by atoms with Crippen molar-refractivity contribution in [3.05, 3.63) is 34.6 Å². The first-order valence-electron chi connectivity index (χ1n) is 4.49. The van der Waals surface area contributed by atoms with Gasteiger partial charge in [-0.2, -0.15) is 0 Å². The lowest BCUT2D eigenvalue weighted by Gasteiger charge is -2.13. The highest BCUT2D eigenvalue weighted by atomic mass is 19.2. The molecule has 0 aliphatic carbocycles. The Bertz CT molecular complexity index is 476. The number of carbonyl (C=O) groups excluding carboxylic acids is 1.